The van der Waals surface area contributed by atoms with Crippen molar-refractivity contribution in [2.24, 2.45) is 0 Å². The van der Waals surface area contributed by atoms with Crippen LogP contribution in [-0.4, -0.2) is 26.8 Å². The summed E-state index contributed by atoms with van der Waals surface area (Å²) in [7, 11) is 0. The van der Waals surface area contributed by atoms with Crippen molar-refractivity contribution in [2.75, 3.05) is 5.32 Å². The van der Waals surface area contributed by atoms with Crippen molar-refractivity contribution in [3.05, 3.63) is 120 Å². The third-order valence-corrected chi connectivity index (χ3v) is 6.47. The van der Waals surface area contributed by atoms with E-state index >= 15 is 0 Å². The van der Waals surface area contributed by atoms with Gasteiger partial charge in [-0.25, -0.2) is 4.98 Å². The van der Waals surface area contributed by atoms with Gasteiger partial charge in [-0.2, -0.15) is 0 Å². The van der Waals surface area contributed by atoms with Gasteiger partial charge in [-0.1, -0.05) is 43.3 Å². The van der Waals surface area contributed by atoms with Crippen LogP contribution in [0.15, 0.2) is 91.8 Å². The molecule has 1 atom stereocenters. The maximum Gasteiger partial charge on any atom is 0.255 e. The lowest BCUT2D eigenvalue weighted by atomic mass is 9.95. The highest BCUT2D eigenvalue weighted by Gasteiger charge is 2.13. The third kappa shape index (κ3) is 6.79. The maximum absolute atomic E-state index is 12.6. The van der Waals surface area contributed by atoms with Gasteiger partial charge in [0.05, 0.1) is 17.6 Å². The highest BCUT2D eigenvalue weighted by molar-refractivity contribution is 6.04. The number of allylic oxidation sites excluding steroid dienone is 1. The molecule has 0 bridgehead atoms. The van der Waals surface area contributed by atoms with Crippen molar-refractivity contribution in [1.29, 1.82) is 0 Å². The fraction of sp³-hybridized carbons (Fsp3) is 0.188. The average Bonchev–Trinajstić information content (AvgIpc) is 2.93. The van der Waals surface area contributed by atoms with E-state index in [4.69, 9.17) is 4.98 Å². The summed E-state index contributed by atoms with van der Waals surface area (Å²) in [5.74, 6) is 0.0774. The van der Waals surface area contributed by atoms with Crippen LogP contribution in [0.3, 0.4) is 0 Å². The minimum atomic E-state index is -0.143. The molecule has 0 aliphatic carbocycles. The van der Waals surface area contributed by atoms with Crippen LogP contribution < -0.4 is 5.32 Å². The maximum atomic E-state index is 12.6. The fourth-order valence-corrected chi connectivity index (χ4v) is 4.21. The van der Waals surface area contributed by atoms with Crippen LogP contribution in [0.2, 0.25) is 0 Å². The molecule has 0 fully saturated rings. The summed E-state index contributed by atoms with van der Waals surface area (Å²) in [6.07, 6.45) is 6.12. The van der Waals surface area contributed by atoms with Crippen molar-refractivity contribution < 1.29 is 14.7 Å². The second kappa shape index (κ2) is 12.1. The van der Waals surface area contributed by atoms with Crippen LogP contribution in [0.25, 0.3) is 11.3 Å². The molecule has 1 heterocycles. The first-order valence-corrected chi connectivity index (χ1v) is 12.6. The molecule has 0 saturated carbocycles. The Morgan fingerprint density at radius 2 is 1.84 bits per heavy atom. The number of carbonyl (C=O) groups excluding carboxylic acids is 2. The summed E-state index contributed by atoms with van der Waals surface area (Å²) in [5, 5.41) is 13.2. The number of amides is 1. The Balaban J connectivity index is 1.46. The lowest BCUT2D eigenvalue weighted by molar-refractivity contribution is -0.114. The zero-order valence-corrected chi connectivity index (χ0v) is 21.6. The number of benzene rings is 3. The Kier molecular flexibility index (Phi) is 8.44. The molecule has 6 heteroatoms. The van der Waals surface area contributed by atoms with Gasteiger partial charge >= 0.3 is 0 Å². The molecule has 0 spiro atoms. The van der Waals surface area contributed by atoms with E-state index in [-0.39, 0.29) is 29.8 Å². The monoisotopic (exact) mass is 505 g/mol. The van der Waals surface area contributed by atoms with Gasteiger partial charge in [0, 0.05) is 29.4 Å². The average molecular weight is 506 g/mol. The number of phenols is 1. The molecule has 192 valence electrons. The van der Waals surface area contributed by atoms with E-state index in [1.54, 1.807) is 24.5 Å². The molecule has 2 N–H and O–H groups in total. The molecule has 4 aromatic rings. The van der Waals surface area contributed by atoms with Crippen molar-refractivity contribution in [3.63, 3.8) is 0 Å². The highest BCUT2D eigenvalue weighted by atomic mass is 16.3. The normalized spacial score (nSPS) is 11.5. The first-order chi connectivity index (χ1) is 18.3. The minimum absolute atomic E-state index is 0.0654. The quantitative estimate of drug-likeness (QED) is 0.242. The molecule has 3 aromatic carbocycles. The Hall–Kier alpha value is -4.58. The van der Waals surface area contributed by atoms with Crippen molar-refractivity contribution >= 4 is 17.4 Å². The minimum Gasteiger partial charge on any atom is -0.508 e. The Bertz CT molecular complexity index is 1460. The van der Waals surface area contributed by atoms with Crippen LogP contribution in [0, 0.1) is 6.92 Å². The second-order valence-electron chi connectivity index (χ2n) is 9.46. The fourth-order valence-electron chi connectivity index (χ4n) is 4.21. The smallest absolute Gasteiger partial charge is 0.255 e. The molecular weight excluding hydrogens is 474 g/mol. The third-order valence-electron chi connectivity index (χ3n) is 6.47. The topological polar surface area (TPSA) is 92.2 Å². The summed E-state index contributed by atoms with van der Waals surface area (Å²) < 4.78 is 0. The summed E-state index contributed by atoms with van der Waals surface area (Å²) in [6, 6.07) is 20.6. The predicted molar refractivity (Wildman–Crippen MR) is 150 cm³/mol. The number of aromatic nitrogens is 2. The molecule has 38 heavy (non-hydrogen) atoms. The molecule has 0 radical (unpaired) electrons. The standard InChI is InChI=1S/C32H31N3O3/c1-4-29(36)14-12-26-17-25(13-15-31(26)37)30-20-33-19-28(34-30)16-22(3)24-6-5-7-27(18-24)35-32(38)23-10-8-21(2)9-11-23/h4-11,13,15,17-20,22,37H,1,12,14,16H2,2-3H3,(H,35,38)/t22-/m1/s1. The van der Waals surface area contributed by atoms with Gasteiger partial charge in [-0.3, -0.25) is 14.6 Å². The second-order valence-corrected chi connectivity index (χ2v) is 9.46. The number of hydrogen-bond acceptors (Lipinski definition) is 5. The largest absolute Gasteiger partial charge is 0.508 e. The summed E-state index contributed by atoms with van der Waals surface area (Å²) >= 11 is 0. The van der Waals surface area contributed by atoms with E-state index in [0.29, 0.717) is 29.7 Å². The van der Waals surface area contributed by atoms with Gasteiger partial charge in [0.25, 0.3) is 5.91 Å². The predicted octanol–water partition coefficient (Wildman–Crippen LogP) is 6.44. The van der Waals surface area contributed by atoms with Crippen molar-refractivity contribution in [1.82, 2.24) is 9.97 Å². The van der Waals surface area contributed by atoms with Gasteiger partial charge < -0.3 is 10.4 Å². The van der Waals surface area contributed by atoms with Crippen LogP contribution in [0.1, 0.15) is 52.0 Å². The molecular formula is C32H31N3O3. The van der Waals surface area contributed by atoms with E-state index < -0.39 is 0 Å². The number of aryl methyl sites for hydroxylation is 2. The van der Waals surface area contributed by atoms with Gasteiger partial charge in [0.1, 0.15) is 5.75 Å². The first kappa shape index (κ1) is 26.5. The number of anilines is 1. The van der Waals surface area contributed by atoms with E-state index in [2.05, 4.69) is 23.8 Å². The SMILES string of the molecule is C=CC(=O)CCc1cc(-c2cncc(C[C@@H](C)c3cccc(NC(=O)c4ccc(C)cc4)c3)n2)ccc1O. The zero-order valence-electron chi connectivity index (χ0n) is 21.6. The number of ketones is 1. The Labute approximate surface area is 223 Å². The number of nitrogens with zero attached hydrogens (tertiary/aromatic N) is 2. The van der Waals surface area contributed by atoms with Crippen molar-refractivity contribution in [2.45, 2.75) is 39.0 Å². The van der Waals surface area contributed by atoms with Gasteiger partial charge in [-0.05, 0) is 85.4 Å². The molecule has 0 aliphatic heterocycles. The van der Waals surface area contributed by atoms with Crippen LogP contribution in [0.5, 0.6) is 5.75 Å². The van der Waals surface area contributed by atoms with Crippen LogP contribution in [-0.2, 0) is 17.6 Å². The van der Waals surface area contributed by atoms with E-state index in [1.807, 2.05) is 61.5 Å². The molecule has 0 unspecified atom stereocenters. The number of aromatic hydroxyl groups is 1. The van der Waals surface area contributed by atoms with Gasteiger partial charge in [0.15, 0.2) is 5.78 Å². The molecule has 4 rings (SSSR count). The van der Waals surface area contributed by atoms with Crippen LogP contribution >= 0.6 is 0 Å². The number of phenolic OH excluding ortho intramolecular Hbond substituents is 1. The Morgan fingerprint density at radius 3 is 2.61 bits per heavy atom. The zero-order chi connectivity index (χ0) is 27.1. The van der Waals surface area contributed by atoms with E-state index in [9.17, 15) is 14.7 Å². The van der Waals surface area contributed by atoms with E-state index in [0.717, 1.165) is 28.1 Å². The van der Waals surface area contributed by atoms with Gasteiger partial charge in [-0.15, -0.1) is 0 Å². The highest BCUT2D eigenvalue weighted by Crippen LogP contribution is 2.27. The summed E-state index contributed by atoms with van der Waals surface area (Å²) in [5.41, 5.74) is 6.59. The van der Waals surface area contributed by atoms with Crippen LogP contribution in [0.4, 0.5) is 5.69 Å². The molecule has 0 aliphatic rings. The molecule has 6 nitrogen and oxygen atoms in total. The molecule has 1 aromatic heterocycles. The molecule has 0 saturated heterocycles. The van der Waals surface area contributed by atoms with Crippen molar-refractivity contribution in [3.8, 4) is 17.0 Å². The number of nitrogens with one attached hydrogen (secondary N) is 1. The first-order valence-electron chi connectivity index (χ1n) is 12.6. The summed E-state index contributed by atoms with van der Waals surface area (Å²) in [6.45, 7) is 7.60. The summed E-state index contributed by atoms with van der Waals surface area (Å²) in [4.78, 5) is 33.5. The lowest BCUT2D eigenvalue weighted by Gasteiger charge is -2.14. The lowest BCUT2D eigenvalue weighted by Crippen LogP contribution is -2.12. The van der Waals surface area contributed by atoms with Gasteiger partial charge in [0.2, 0.25) is 0 Å². The van der Waals surface area contributed by atoms with E-state index in [1.165, 1.54) is 6.08 Å². The number of hydrogen-bond donors (Lipinski definition) is 2. The number of rotatable bonds is 10. The Morgan fingerprint density at radius 1 is 1.05 bits per heavy atom. The number of carbonyl (C=O) groups is 2. The molecule has 1 amide bonds.